The molecule has 82 valence electrons. The Kier molecular flexibility index (Phi) is 3.17. The number of aliphatic hydroxyl groups is 1. The Morgan fingerprint density at radius 3 is 3.00 bits per heavy atom. The molecule has 1 unspecified atom stereocenters. The number of aryl methyl sites for hydroxylation is 1. The van der Waals surface area contributed by atoms with E-state index >= 15 is 0 Å². The Morgan fingerprint density at radius 2 is 2.33 bits per heavy atom. The zero-order valence-electron chi connectivity index (χ0n) is 8.91. The highest BCUT2D eigenvalue weighted by Crippen LogP contribution is 2.28. The van der Waals surface area contributed by atoms with E-state index in [9.17, 15) is 5.11 Å². The van der Waals surface area contributed by atoms with Crippen LogP contribution in [0.25, 0.3) is 0 Å². The van der Waals surface area contributed by atoms with E-state index in [1.807, 2.05) is 19.1 Å². The van der Waals surface area contributed by atoms with Crippen LogP contribution in [0.3, 0.4) is 0 Å². The molecule has 15 heavy (non-hydrogen) atoms. The second-order valence-corrected chi connectivity index (χ2v) is 4.51. The number of nitrogens with zero attached hydrogens (tertiary/aromatic N) is 1. The average molecular weight is 226 g/mol. The summed E-state index contributed by atoms with van der Waals surface area (Å²) in [6.07, 6.45) is 2.22. The highest BCUT2D eigenvalue weighted by Gasteiger charge is 2.23. The summed E-state index contributed by atoms with van der Waals surface area (Å²) in [6.45, 7) is 3.25. The summed E-state index contributed by atoms with van der Waals surface area (Å²) in [4.78, 5) is 2.24. The van der Waals surface area contributed by atoms with Crippen molar-refractivity contribution < 1.29 is 5.11 Å². The molecular weight excluding hydrogens is 210 g/mol. The highest BCUT2D eigenvalue weighted by molar-refractivity contribution is 6.31. The number of hydrogen-bond donors (Lipinski definition) is 1. The van der Waals surface area contributed by atoms with E-state index in [4.69, 9.17) is 11.6 Å². The first-order valence-electron chi connectivity index (χ1n) is 5.36. The summed E-state index contributed by atoms with van der Waals surface area (Å²) in [7, 11) is 0. The molecule has 2 nitrogen and oxygen atoms in total. The fourth-order valence-corrected chi connectivity index (χ4v) is 2.30. The van der Waals surface area contributed by atoms with Crippen LogP contribution in [0.5, 0.6) is 0 Å². The first-order chi connectivity index (χ1) is 7.22. The average Bonchev–Trinajstić information content (AvgIpc) is 2.70. The van der Waals surface area contributed by atoms with Crippen molar-refractivity contribution in [2.45, 2.75) is 25.8 Å². The van der Waals surface area contributed by atoms with Crippen LogP contribution in [-0.4, -0.2) is 24.3 Å². The van der Waals surface area contributed by atoms with Crippen LogP contribution in [0.4, 0.5) is 5.69 Å². The van der Waals surface area contributed by atoms with Crippen LogP contribution in [0.2, 0.25) is 5.02 Å². The van der Waals surface area contributed by atoms with Crippen molar-refractivity contribution >= 4 is 17.3 Å². The van der Waals surface area contributed by atoms with E-state index in [1.54, 1.807) is 0 Å². The van der Waals surface area contributed by atoms with Crippen LogP contribution in [0.1, 0.15) is 18.4 Å². The summed E-state index contributed by atoms with van der Waals surface area (Å²) < 4.78 is 0. The lowest BCUT2D eigenvalue weighted by Crippen LogP contribution is -2.31. The summed E-state index contributed by atoms with van der Waals surface area (Å²) >= 11 is 6.09. The van der Waals surface area contributed by atoms with Gasteiger partial charge in [-0.05, 0) is 37.5 Å². The molecule has 0 amide bonds. The number of rotatable bonds is 2. The molecule has 0 aliphatic carbocycles. The third-order valence-corrected chi connectivity index (χ3v) is 3.48. The lowest BCUT2D eigenvalue weighted by molar-refractivity contribution is 0.266. The van der Waals surface area contributed by atoms with Gasteiger partial charge in [0.1, 0.15) is 0 Å². The molecule has 1 aromatic rings. The molecule has 1 fully saturated rings. The molecule has 2 rings (SSSR count). The van der Waals surface area contributed by atoms with Gasteiger partial charge >= 0.3 is 0 Å². The maximum absolute atomic E-state index is 9.25. The first-order valence-corrected chi connectivity index (χ1v) is 5.74. The number of hydrogen-bond acceptors (Lipinski definition) is 2. The maximum Gasteiger partial charge on any atom is 0.0635 e. The predicted octanol–water partition coefficient (Wildman–Crippen LogP) is 2.61. The van der Waals surface area contributed by atoms with Gasteiger partial charge in [-0.15, -0.1) is 0 Å². The van der Waals surface area contributed by atoms with Gasteiger partial charge in [-0.25, -0.2) is 0 Å². The normalized spacial score (nSPS) is 21.0. The van der Waals surface area contributed by atoms with Gasteiger partial charge in [0, 0.05) is 17.3 Å². The molecule has 0 bridgehead atoms. The smallest absolute Gasteiger partial charge is 0.0635 e. The lowest BCUT2D eigenvalue weighted by Gasteiger charge is -2.25. The molecule has 3 heteroatoms. The fraction of sp³-hybridized carbons (Fsp3) is 0.500. The van der Waals surface area contributed by atoms with Crippen molar-refractivity contribution in [3.8, 4) is 0 Å². The Labute approximate surface area is 95.5 Å². The zero-order valence-corrected chi connectivity index (χ0v) is 9.67. The van der Waals surface area contributed by atoms with Crippen LogP contribution in [-0.2, 0) is 0 Å². The van der Waals surface area contributed by atoms with Gasteiger partial charge in [-0.1, -0.05) is 17.7 Å². The highest BCUT2D eigenvalue weighted by atomic mass is 35.5. The minimum absolute atomic E-state index is 0.228. The number of benzene rings is 1. The second kappa shape index (κ2) is 4.42. The summed E-state index contributed by atoms with van der Waals surface area (Å²) in [6, 6.07) is 6.37. The largest absolute Gasteiger partial charge is 0.394 e. The van der Waals surface area contributed by atoms with Crippen LogP contribution in [0, 0.1) is 6.92 Å². The molecule has 0 spiro atoms. The van der Waals surface area contributed by atoms with Gasteiger partial charge < -0.3 is 10.0 Å². The zero-order chi connectivity index (χ0) is 10.8. The topological polar surface area (TPSA) is 23.5 Å². The molecule has 0 radical (unpaired) electrons. The predicted molar refractivity (Wildman–Crippen MR) is 63.6 cm³/mol. The quantitative estimate of drug-likeness (QED) is 0.837. The molecular formula is C12H16ClNO. The van der Waals surface area contributed by atoms with Gasteiger partial charge in [-0.3, -0.25) is 0 Å². The maximum atomic E-state index is 9.25. The third-order valence-electron chi connectivity index (χ3n) is 3.07. The van der Waals surface area contributed by atoms with Crippen molar-refractivity contribution in [3.05, 3.63) is 28.8 Å². The van der Waals surface area contributed by atoms with Crippen LogP contribution >= 0.6 is 11.6 Å². The molecule has 1 aromatic carbocycles. The van der Waals surface area contributed by atoms with E-state index in [-0.39, 0.29) is 12.6 Å². The van der Waals surface area contributed by atoms with Crippen molar-refractivity contribution in [3.63, 3.8) is 0 Å². The molecule has 1 heterocycles. The van der Waals surface area contributed by atoms with E-state index in [0.29, 0.717) is 0 Å². The fourth-order valence-electron chi connectivity index (χ4n) is 2.13. The van der Waals surface area contributed by atoms with Crippen LogP contribution < -0.4 is 4.90 Å². The van der Waals surface area contributed by atoms with Crippen molar-refractivity contribution in [1.82, 2.24) is 0 Å². The molecule has 1 atom stereocenters. The van der Waals surface area contributed by atoms with Crippen molar-refractivity contribution in [2.75, 3.05) is 18.1 Å². The Bertz CT molecular complexity index is 353. The molecule has 0 saturated carbocycles. The summed E-state index contributed by atoms with van der Waals surface area (Å²) in [5.74, 6) is 0. The minimum atomic E-state index is 0.228. The van der Waals surface area contributed by atoms with E-state index < -0.39 is 0 Å². The summed E-state index contributed by atoms with van der Waals surface area (Å²) in [5.41, 5.74) is 2.22. The lowest BCUT2D eigenvalue weighted by atomic mass is 10.2. The number of halogens is 1. The molecule has 1 saturated heterocycles. The van der Waals surface area contributed by atoms with Crippen molar-refractivity contribution in [2.24, 2.45) is 0 Å². The monoisotopic (exact) mass is 225 g/mol. The number of aliphatic hydroxyl groups excluding tert-OH is 1. The van der Waals surface area contributed by atoms with Gasteiger partial charge in [0.2, 0.25) is 0 Å². The van der Waals surface area contributed by atoms with Gasteiger partial charge in [0.15, 0.2) is 0 Å². The van der Waals surface area contributed by atoms with E-state index in [1.165, 1.54) is 0 Å². The molecule has 0 aromatic heterocycles. The third kappa shape index (κ3) is 2.11. The van der Waals surface area contributed by atoms with Crippen molar-refractivity contribution in [1.29, 1.82) is 0 Å². The SMILES string of the molecule is Cc1ccc(N2CCCC2CO)cc1Cl. The Morgan fingerprint density at radius 1 is 1.53 bits per heavy atom. The van der Waals surface area contributed by atoms with E-state index in [2.05, 4.69) is 11.0 Å². The van der Waals surface area contributed by atoms with E-state index in [0.717, 1.165) is 35.7 Å². The molecule has 1 N–H and O–H groups in total. The minimum Gasteiger partial charge on any atom is -0.394 e. The summed E-state index contributed by atoms with van der Waals surface area (Å²) in [5, 5.41) is 10.0. The second-order valence-electron chi connectivity index (χ2n) is 4.11. The van der Waals surface area contributed by atoms with Gasteiger partial charge in [0.25, 0.3) is 0 Å². The van der Waals surface area contributed by atoms with Gasteiger partial charge in [0.05, 0.1) is 12.6 Å². The number of anilines is 1. The first kappa shape index (κ1) is 10.8. The standard InChI is InChI=1S/C12H16ClNO/c1-9-4-5-10(7-12(9)13)14-6-2-3-11(14)8-15/h4-5,7,11,15H,2-3,6,8H2,1H3. The van der Waals surface area contributed by atoms with Gasteiger partial charge in [-0.2, -0.15) is 0 Å². The Hall–Kier alpha value is -0.730. The van der Waals surface area contributed by atoms with Crippen LogP contribution in [0.15, 0.2) is 18.2 Å². The molecule has 1 aliphatic rings. The molecule has 1 aliphatic heterocycles. The Balaban J connectivity index is 2.25.